The van der Waals surface area contributed by atoms with Gasteiger partial charge in [0, 0.05) is 24.4 Å². The SMILES string of the molecule is COc1ccc(-c2cnn3c(NCc4ccc5c(c4)OCO5)ccnc23)c(OC)c1. The third-order valence-electron chi connectivity index (χ3n) is 5.01. The van der Waals surface area contributed by atoms with Crippen LogP contribution in [0.25, 0.3) is 16.8 Å². The molecule has 0 atom stereocenters. The molecular formula is C22H20N4O4. The van der Waals surface area contributed by atoms with Crippen molar-refractivity contribution in [1.82, 2.24) is 14.6 Å². The quantitative estimate of drug-likeness (QED) is 0.524. The number of methoxy groups -OCH3 is 2. The first-order valence-corrected chi connectivity index (χ1v) is 9.44. The molecule has 0 spiro atoms. The van der Waals surface area contributed by atoms with Crippen molar-refractivity contribution in [2.75, 3.05) is 26.3 Å². The van der Waals surface area contributed by atoms with Crippen molar-refractivity contribution in [1.29, 1.82) is 0 Å². The summed E-state index contributed by atoms with van der Waals surface area (Å²) in [4.78, 5) is 4.54. The Balaban J connectivity index is 1.45. The standard InChI is InChI=1S/C22H20N4O4/c1-27-15-4-5-16(19(10-15)28-2)17-12-25-26-21(7-8-23-22(17)26)24-11-14-3-6-18-20(9-14)30-13-29-18/h3-10,12,24H,11,13H2,1-2H3. The smallest absolute Gasteiger partial charge is 0.231 e. The molecule has 8 heteroatoms. The molecule has 1 N–H and O–H groups in total. The number of fused-ring (bicyclic) bond motifs is 2. The molecule has 152 valence electrons. The molecule has 0 unspecified atom stereocenters. The second-order valence-electron chi connectivity index (χ2n) is 6.73. The topological polar surface area (TPSA) is 79.1 Å². The van der Waals surface area contributed by atoms with Gasteiger partial charge >= 0.3 is 0 Å². The third-order valence-corrected chi connectivity index (χ3v) is 5.01. The van der Waals surface area contributed by atoms with Gasteiger partial charge in [0.2, 0.25) is 6.79 Å². The van der Waals surface area contributed by atoms with Crippen LogP contribution < -0.4 is 24.3 Å². The lowest BCUT2D eigenvalue weighted by atomic mass is 10.1. The first-order chi connectivity index (χ1) is 14.8. The summed E-state index contributed by atoms with van der Waals surface area (Å²) in [5.41, 5.74) is 3.58. The Morgan fingerprint density at radius 2 is 1.90 bits per heavy atom. The minimum Gasteiger partial charge on any atom is -0.497 e. The maximum Gasteiger partial charge on any atom is 0.231 e. The van der Waals surface area contributed by atoms with Gasteiger partial charge in [-0.1, -0.05) is 6.07 Å². The molecule has 5 rings (SSSR count). The van der Waals surface area contributed by atoms with Crippen LogP contribution in [0.3, 0.4) is 0 Å². The Morgan fingerprint density at radius 3 is 2.77 bits per heavy atom. The summed E-state index contributed by atoms with van der Waals surface area (Å²) in [6, 6.07) is 13.5. The predicted octanol–water partition coefficient (Wildman–Crippen LogP) is 3.75. The number of rotatable bonds is 6. The van der Waals surface area contributed by atoms with E-state index in [1.165, 1.54) is 0 Å². The minimum absolute atomic E-state index is 0.266. The van der Waals surface area contributed by atoms with Gasteiger partial charge in [-0.25, -0.2) is 4.98 Å². The normalized spacial score (nSPS) is 12.2. The molecule has 8 nitrogen and oxygen atoms in total. The second kappa shape index (κ2) is 7.47. The van der Waals surface area contributed by atoms with Crippen molar-refractivity contribution in [2.24, 2.45) is 0 Å². The lowest BCUT2D eigenvalue weighted by Crippen LogP contribution is -2.05. The number of nitrogens with zero attached hydrogens (tertiary/aromatic N) is 3. The number of aromatic nitrogens is 3. The van der Waals surface area contributed by atoms with E-state index in [2.05, 4.69) is 15.4 Å². The highest BCUT2D eigenvalue weighted by Crippen LogP contribution is 2.36. The van der Waals surface area contributed by atoms with Gasteiger partial charge in [-0.2, -0.15) is 9.61 Å². The maximum absolute atomic E-state index is 5.55. The van der Waals surface area contributed by atoms with Crippen LogP contribution in [0.1, 0.15) is 5.56 Å². The van der Waals surface area contributed by atoms with Crippen LogP contribution >= 0.6 is 0 Å². The van der Waals surface area contributed by atoms with Gasteiger partial charge in [0.1, 0.15) is 17.3 Å². The Kier molecular flexibility index (Phi) is 4.51. The molecule has 0 fully saturated rings. The molecule has 4 aromatic rings. The van der Waals surface area contributed by atoms with E-state index >= 15 is 0 Å². The van der Waals surface area contributed by atoms with Crippen molar-refractivity contribution in [2.45, 2.75) is 6.54 Å². The number of hydrogen-bond acceptors (Lipinski definition) is 7. The summed E-state index contributed by atoms with van der Waals surface area (Å²) in [5, 5.41) is 7.96. The van der Waals surface area contributed by atoms with Gasteiger partial charge in [0.05, 0.1) is 26.0 Å². The highest BCUT2D eigenvalue weighted by molar-refractivity contribution is 5.82. The molecule has 0 saturated heterocycles. The Hall–Kier alpha value is -3.94. The van der Waals surface area contributed by atoms with Crippen LogP contribution in [-0.2, 0) is 6.54 Å². The Bertz CT molecular complexity index is 1220. The third kappa shape index (κ3) is 3.12. The van der Waals surface area contributed by atoms with Crippen molar-refractivity contribution >= 4 is 11.5 Å². The van der Waals surface area contributed by atoms with E-state index in [-0.39, 0.29) is 6.79 Å². The average molecular weight is 404 g/mol. The minimum atomic E-state index is 0.266. The van der Waals surface area contributed by atoms with Gasteiger partial charge in [-0.15, -0.1) is 0 Å². The van der Waals surface area contributed by atoms with Gasteiger partial charge in [0.25, 0.3) is 0 Å². The number of ether oxygens (including phenoxy) is 4. The Labute approximate surface area is 173 Å². The first-order valence-electron chi connectivity index (χ1n) is 9.44. The molecule has 3 heterocycles. The molecule has 30 heavy (non-hydrogen) atoms. The van der Waals surface area contributed by atoms with Gasteiger partial charge < -0.3 is 24.3 Å². The zero-order valence-electron chi connectivity index (χ0n) is 16.6. The molecule has 2 aromatic heterocycles. The number of nitrogens with one attached hydrogen (secondary N) is 1. The van der Waals surface area contributed by atoms with E-state index in [9.17, 15) is 0 Å². The molecule has 0 aliphatic carbocycles. The molecule has 1 aliphatic heterocycles. The van der Waals surface area contributed by atoms with Gasteiger partial charge in [-0.05, 0) is 35.9 Å². The van der Waals surface area contributed by atoms with Crippen LogP contribution in [0, 0.1) is 0 Å². The van der Waals surface area contributed by atoms with E-state index in [0.717, 1.165) is 45.4 Å². The highest BCUT2D eigenvalue weighted by Gasteiger charge is 2.16. The van der Waals surface area contributed by atoms with Crippen LogP contribution in [0.15, 0.2) is 54.9 Å². The summed E-state index contributed by atoms with van der Waals surface area (Å²) in [6.45, 7) is 0.874. The first kappa shape index (κ1) is 18.1. The van der Waals surface area contributed by atoms with E-state index in [1.54, 1.807) is 31.1 Å². The fraction of sp³-hybridized carbons (Fsp3) is 0.182. The maximum atomic E-state index is 5.55. The fourth-order valence-electron chi connectivity index (χ4n) is 3.48. The number of anilines is 1. The zero-order valence-corrected chi connectivity index (χ0v) is 16.6. The van der Waals surface area contributed by atoms with Crippen molar-refractivity contribution in [3.63, 3.8) is 0 Å². The van der Waals surface area contributed by atoms with Crippen molar-refractivity contribution in [3.8, 4) is 34.1 Å². The summed E-state index contributed by atoms with van der Waals surface area (Å²) in [7, 11) is 3.26. The van der Waals surface area contributed by atoms with Crippen molar-refractivity contribution < 1.29 is 18.9 Å². The largest absolute Gasteiger partial charge is 0.497 e. The lowest BCUT2D eigenvalue weighted by Gasteiger charge is -2.11. The molecule has 0 saturated carbocycles. The molecule has 1 aliphatic rings. The van der Waals surface area contributed by atoms with E-state index < -0.39 is 0 Å². The molecule has 0 radical (unpaired) electrons. The van der Waals surface area contributed by atoms with Crippen LogP contribution in [-0.4, -0.2) is 35.6 Å². The molecule has 0 bridgehead atoms. The number of benzene rings is 2. The molecular weight excluding hydrogens is 384 g/mol. The summed E-state index contributed by atoms with van der Waals surface area (Å²) >= 11 is 0. The van der Waals surface area contributed by atoms with Crippen LogP contribution in [0.5, 0.6) is 23.0 Å². The predicted molar refractivity (Wildman–Crippen MR) is 111 cm³/mol. The van der Waals surface area contributed by atoms with Crippen LogP contribution in [0.2, 0.25) is 0 Å². The van der Waals surface area contributed by atoms with E-state index in [0.29, 0.717) is 12.3 Å². The molecule has 2 aromatic carbocycles. The molecule has 0 amide bonds. The monoisotopic (exact) mass is 404 g/mol. The fourth-order valence-corrected chi connectivity index (χ4v) is 3.48. The van der Waals surface area contributed by atoms with Gasteiger partial charge in [-0.3, -0.25) is 0 Å². The van der Waals surface area contributed by atoms with E-state index in [1.807, 2.05) is 42.5 Å². The highest BCUT2D eigenvalue weighted by atomic mass is 16.7. The lowest BCUT2D eigenvalue weighted by molar-refractivity contribution is 0.174. The second-order valence-corrected chi connectivity index (χ2v) is 6.73. The van der Waals surface area contributed by atoms with Gasteiger partial charge in [0.15, 0.2) is 17.1 Å². The zero-order chi connectivity index (χ0) is 20.5. The Morgan fingerprint density at radius 1 is 1.00 bits per heavy atom. The van der Waals surface area contributed by atoms with Crippen LogP contribution in [0.4, 0.5) is 5.82 Å². The summed E-state index contributed by atoms with van der Waals surface area (Å²) in [6.07, 6.45) is 3.55. The summed E-state index contributed by atoms with van der Waals surface area (Å²) in [5.74, 6) is 3.80. The van der Waals surface area contributed by atoms with Crippen molar-refractivity contribution in [3.05, 3.63) is 60.4 Å². The number of hydrogen-bond donors (Lipinski definition) is 1. The average Bonchev–Trinajstić information content (AvgIpc) is 3.44. The van der Waals surface area contributed by atoms with E-state index in [4.69, 9.17) is 18.9 Å². The summed E-state index contributed by atoms with van der Waals surface area (Å²) < 4.78 is 23.5.